The molecule has 2 atom stereocenters. The third-order valence-corrected chi connectivity index (χ3v) is 4.01. The maximum absolute atomic E-state index is 12.8. The molecule has 1 aromatic carbocycles. The Morgan fingerprint density at radius 1 is 1.33 bits per heavy atom. The van der Waals surface area contributed by atoms with Crippen molar-refractivity contribution < 1.29 is 9.53 Å². The highest BCUT2D eigenvalue weighted by Gasteiger charge is 2.49. The zero-order valence-corrected chi connectivity index (χ0v) is 13.7. The van der Waals surface area contributed by atoms with Crippen LogP contribution in [0.25, 0.3) is 0 Å². The van der Waals surface area contributed by atoms with E-state index in [-0.39, 0.29) is 24.4 Å². The van der Waals surface area contributed by atoms with E-state index >= 15 is 0 Å². The Morgan fingerprint density at radius 2 is 2.00 bits per heavy atom. The van der Waals surface area contributed by atoms with Gasteiger partial charge in [-0.05, 0) is 39.4 Å². The van der Waals surface area contributed by atoms with Crippen molar-refractivity contribution in [2.45, 2.75) is 31.2 Å². The number of esters is 1. The number of nitrogens with zero attached hydrogens (tertiary/aromatic N) is 1. The fraction of sp³-hybridized carbons (Fsp3) is 0.471. The second-order valence-electron chi connectivity index (χ2n) is 5.43. The summed E-state index contributed by atoms with van der Waals surface area (Å²) in [4.78, 5) is 14.8. The van der Waals surface area contributed by atoms with Gasteiger partial charge in [0.2, 0.25) is 0 Å². The second kappa shape index (κ2) is 7.62. The van der Waals surface area contributed by atoms with Crippen molar-refractivity contribution in [3.05, 3.63) is 48.0 Å². The molecule has 2 rings (SSSR count). The number of carbonyl (C=O) groups excluding carboxylic acids is 1. The third-order valence-electron chi connectivity index (χ3n) is 4.01. The zero-order valence-electron chi connectivity index (χ0n) is 12.9. The second-order valence-corrected chi connectivity index (χ2v) is 5.43. The fourth-order valence-corrected chi connectivity index (χ4v) is 3.11. The van der Waals surface area contributed by atoms with Crippen LogP contribution in [0.1, 0.15) is 25.3 Å². The lowest BCUT2D eigenvalue weighted by molar-refractivity contribution is -0.152. The van der Waals surface area contributed by atoms with E-state index in [1.165, 1.54) is 0 Å². The molecule has 3 nitrogen and oxygen atoms in total. The number of allylic oxidation sites excluding steroid dienone is 1. The summed E-state index contributed by atoms with van der Waals surface area (Å²) < 4.78 is 5.42. The van der Waals surface area contributed by atoms with Gasteiger partial charge in [0.05, 0.1) is 6.61 Å². The summed E-state index contributed by atoms with van der Waals surface area (Å²) in [5.41, 5.74) is 0.441. The summed E-state index contributed by atoms with van der Waals surface area (Å²) in [6.07, 6.45) is 5.98. The number of hydrogen-bond donors (Lipinski definition) is 0. The van der Waals surface area contributed by atoms with E-state index in [2.05, 4.69) is 17.1 Å². The predicted molar refractivity (Wildman–Crippen MR) is 87.9 cm³/mol. The fourth-order valence-electron chi connectivity index (χ4n) is 3.11. The first kappa shape index (κ1) is 17.7. The minimum Gasteiger partial charge on any atom is -0.465 e. The molecule has 0 radical (unpaired) electrons. The summed E-state index contributed by atoms with van der Waals surface area (Å²) in [5.74, 6) is -0.116. The molecule has 0 fully saturated rings. The molecule has 21 heavy (non-hydrogen) atoms. The largest absolute Gasteiger partial charge is 0.465 e. The molecule has 1 aromatic rings. The van der Waals surface area contributed by atoms with Crippen molar-refractivity contribution in [2.24, 2.45) is 0 Å². The highest BCUT2D eigenvalue weighted by Crippen LogP contribution is 2.40. The Bertz CT molecular complexity index is 487. The van der Waals surface area contributed by atoms with Crippen LogP contribution in [0.5, 0.6) is 0 Å². The van der Waals surface area contributed by atoms with Crippen molar-refractivity contribution in [3.63, 3.8) is 0 Å². The zero-order chi connectivity index (χ0) is 14.6. The number of hydrogen-bond acceptors (Lipinski definition) is 3. The van der Waals surface area contributed by atoms with Crippen molar-refractivity contribution in [1.29, 1.82) is 0 Å². The van der Waals surface area contributed by atoms with Gasteiger partial charge in [-0.2, -0.15) is 0 Å². The van der Waals surface area contributed by atoms with Crippen LogP contribution < -0.4 is 0 Å². The third kappa shape index (κ3) is 3.30. The summed E-state index contributed by atoms with van der Waals surface area (Å²) in [6, 6.07) is 10.0. The van der Waals surface area contributed by atoms with Crippen LogP contribution in [0.15, 0.2) is 42.5 Å². The van der Waals surface area contributed by atoms with Gasteiger partial charge in [0.1, 0.15) is 5.41 Å². The van der Waals surface area contributed by atoms with Gasteiger partial charge in [-0.1, -0.05) is 42.5 Å². The molecule has 0 saturated carbocycles. The lowest BCUT2D eigenvalue weighted by atomic mass is 9.68. The lowest BCUT2D eigenvalue weighted by Crippen LogP contribution is -2.54. The Balaban J connectivity index is 0.00000220. The quantitative estimate of drug-likeness (QED) is 0.632. The van der Waals surface area contributed by atoms with Gasteiger partial charge in [-0.15, -0.1) is 12.4 Å². The van der Waals surface area contributed by atoms with Crippen LogP contribution >= 0.6 is 12.4 Å². The van der Waals surface area contributed by atoms with Crippen LogP contribution in [-0.2, 0) is 14.9 Å². The molecule has 1 aliphatic carbocycles. The molecule has 0 unspecified atom stereocenters. The maximum Gasteiger partial charge on any atom is 0.318 e. The van der Waals surface area contributed by atoms with E-state index in [4.69, 9.17) is 4.74 Å². The van der Waals surface area contributed by atoms with Gasteiger partial charge in [-0.3, -0.25) is 4.79 Å². The molecular weight excluding hydrogens is 286 g/mol. The van der Waals surface area contributed by atoms with E-state index in [0.717, 1.165) is 18.4 Å². The van der Waals surface area contributed by atoms with Crippen LogP contribution in [0.2, 0.25) is 0 Å². The van der Waals surface area contributed by atoms with E-state index < -0.39 is 5.41 Å². The Morgan fingerprint density at radius 3 is 2.57 bits per heavy atom. The van der Waals surface area contributed by atoms with Crippen LogP contribution in [-0.4, -0.2) is 37.6 Å². The van der Waals surface area contributed by atoms with Crippen molar-refractivity contribution in [1.82, 2.24) is 4.90 Å². The van der Waals surface area contributed by atoms with E-state index in [0.29, 0.717) is 6.61 Å². The lowest BCUT2D eigenvalue weighted by Gasteiger charge is -2.42. The van der Waals surface area contributed by atoms with Crippen molar-refractivity contribution in [2.75, 3.05) is 20.7 Å². The first-order valence-electron chi connectivity index (χ1n) is 7.18. The van der Waals surface area contributed by atoms with Gasteiger partial charge in [0.15, 0.2) is 0 Å². The average Bonchev–Trinajstić information content (AvgIpc) is 2.48. The summed E-state index contributed by atoms with van der Waals surface area (Å²) in [5, 5.41) is 0. The highest BCUT2D eigenvalue weighted by atomic mass is 35.5. The van der Waals surface area contributed by atoms with Crippen LogP contribution in [0.4, 0.5) is 0 Å². The first-order valence-corrected chi connectivity index (χ1v) is 7.18. The number of ether oxygens (including phenoxy) is 1. The van der Waals surface area contributed by atoms with Crippen molar-refractivity contribution >= 4 is 18.4 Å². The van der Waals surface area contributed by atoms with Gasteiger partial charge >= 0.3 is 5.97 Å². The smallest absolute Gasteiger partial charge is 0.318 e. The topological polar surface area (TPSA) is 29.5 Å². The molecule has 0 aromatic heterocycles. The number of rotatable bonds is 4. The molecule has 0 bridgehead atoms. The van der Waals surface area contributed by atoms with Crippen LogP contribution in [0, 0.1) is 0 Å². The van der Waals surface area contributed by atoms with Crippen molar-refractivity contribution in [3.8, 4) is 0 Å². The Kier molecular flexibility index (Phi) is 6.43. The molecule has 0 amide bonds. The van der Waals surface area contributed by atoms with E-state index in [9.17, 15) is 4.79 Å². The predicted octanol–water partition coefficient (Wildman–Crippen LogP) is 3.19. The molecule has 4 heteroatoms. The molecule has 1 aliphatic rings. The number of benzene rings is 1. The minimum atomic E-state index is -0.602. The van der Waals surface area contributed by atoms with Gasteiger partial charge < -0.3 is 9.64 Å². The van der Waals surface area contributed by atoms with E-state index in [1.807, 2.05) is 51.4 Å². The Hall–Kier alpha value is -1.32. The Labute approximate surface area is 133 Å². The molecule has 0 spiro atoms. The monoisotopic (exact) mass is 309 g/mol. The molecule has 116 valence electrons. The first-order chi connectivity index (χ1) is 9.63. The molecule has 0 saturated heterocycles. The normalized spacial score (nSPS) is 24.5. The number of carbonyl (C=O) groups is 1. The van der Waals surface area contributed by atoms with Gasteiger partial charge in [0, 0.05) is 6.04 Å². The standard InChI is InChI=1S/C17H23NO2.ClH/c1-4-20-16(19)17(14-10-6-5-7-11-14)13-9-8-12-15(17)18(2)3;/h5-8,10-12,15H,4,9,13H2,1-3H3;1H/t15-,17+;/m1./s1. The highest BCUT2D eigenvalue weighted by molar-refractivity contribution is 5.85. The molecular formula is C17H24ClNO2. The summed E-state index contributed by atoms with van der Waals surface area (Å²) in [6.45, 7) is 2.28. The summed E-state index contributed by atoms with van der Waals surface area (Å²) >= 11 is 0. The SMILES string of the molecule is CCOC(=O)[C@]1(c2ccccc2)CCC=C[C@H]1N(C)C.Cl. The van der Waals surface area contributed by atoms with E-state index in [1.54, 1.807) is 0 Å². The van der Waals surface area contributed by atoms with Crippen LogP contribution in [0.3, 0.4) is 0 Å². The van der Waals surface area contributed by atoms with Gasteiger partial charge in [-0.25, -0.2) is 0 Å². The number of halogens is 1. The molecule has 0 N–H and O–H groups in total. The molecule has 0 aliphatic heterocycles. The maximum atomic E-state index is 12.8. The molecule has 0 heterocycles. The average molecular weight is 310 g/mol. The number of likely N-dealkylation sites (N-methyl/N-ethyl adjacent to an activating group) is 1. The van der Waals surface area contributed by atoms with Gasteiger partial charge in [0.25, 0.3) is 0 Å². The minimum absolute atomic E-state index is 0. The summed E-state index contributed by atoms with van der Waals surface area (Å²) in [7, 11) is 4.02.